The lowest BCUT2D eigenvalue weighted by atomic mass is 10.1. The number of hydrogen-bond acceptors (Lipinski definition) is 2. The smallest absolute Gasteiger partial charge is 0.317 e. The predicted molar refractivity (Wildman–Crippen MR) is 67.7 cm³/mol. The molecule has 2 amide bonds. The first-order valence-corrected chi connectivity index (χ1v) is 6.13. The molecule has 0 aliphatic carbocycles. The second-order valence-electron chi connectivity index (χ2n) is 4.74. The third-order valence-electron chi connectivity index (χ3n) is 2.29. The van der Waals surface area contributed by atoms with E-state index in [1.165, 1.54) is 0 Å². The van der Waals surface area contributed by atoms with Crippen LogP contribution >= 0.6 is 15.9 Å². The molecule has 0 spiro atoms. The molecule has 0 bridgehead atoms. The highest BCUT2D eigenvalue weighted by Crippen LogP contribution is 2.20. The molecule has 0 saturated carbocycles. The minimum Gasteiger partial charge on any atom is -0.369 e. The molecule has 0 aromatic carbocycles. The maximum Gasteiger partial charge on any atom is 0.317 e. The number of carbonyl (C=O) groups excluding carboxylic acids is 1. The van der Waals surface area contributed by atoms with E-state index in [0.29, 0.717) is 19.6 Å². The Bertz CT molecular complexity index is 292. The van der Waals surface area contributed by atoms with Gasteiger partial charge in [-0.1, -0.05) is 22.5 Å². The fourth-order valence-corrected chi connectivity index (χ4v) is 2.03. The Morgan fingerprint density at radius 1 is 1.69 bits per heavy atom. The Hall–Kier alpha value is -0.550. The summed E-state index contributed by atoms with van der Waals surface area (Å²) in [4.78, 5) is 13.6. The topological polar surface area (TPSA) is 41.6 Å². The normalized spacial score (nSPS) is 24.0. The highest BCUT2D eigenvalue weighted by atomic mass is 79.9. The highest BCUT2D eigenvalue weighted by Gasteiger charge is 2.33. The molecular formula is C11H19BrN2O2. The van der Waals surface area contributed by atoms with Crippen LogP contribution in [0.2, 0.25) is 0 Å². The van der Waals surface area contributed by atoms with Crippen LogP contribution in [0.3, 0.4) is 0 Å². The van der Waals surface area contributed by atoms with Gasteiger partial charge in [0.2, 0.25) is 0 Å². The van der Waals surface area contributed by atoms with Crippen LogP contribution in [0.1, 0.15) is 20.8 Å². The van der Waals surface area contributed by atoms with E-state index in [2.05, 4.69) is 27.8 Å². The maximum atomic E-state index is 11.8. The first kappa shape index (κ1) is 13.5. The van der Waals surface area contributed by atoms with Crippen LogP contribution in [0.25, 0.3) is 0 Å². The number of amides is 2. The van der Waals surface area contributed by atoms with E-state index >= 15 is 0 Å². The fraction of sp³-hybridized carbons (Fsp3) is 0.727. The van der Waals surface area contributed by atoms with Gasteiger partial charge in [0.15, 0.2) is 0 Å². The van der Waals surface area contributed by atoms with Crippen LogP contribution in [0.5, 0.6) is 0 Å². The average Bonchev–Trinajstić information content (AvgIpc) is 2.10. The van der Waals surface area contributed by atoms with Crippen LogP contribution in [0, 0.1) is 0 Å². The van der Waals surface area contributed by atoms with Gasteiger partial charge in [-0.3, -0.25) is 0 Å². The van der Waals surface area contributed by atoms with Crippen LogP contribution in [-0.2, 0) is 4.74 Å². The van der Waals surface area contributed by atoms with Crippen LogP contribution in [0.4, 0.5) is 4.79 Å². The van der Waals surface area contributed by atoms with Crippen molar-refractivity contribution in [1.29, 1.82) is 0 Å². The third-order valence-corrected chi connectivity index (χ3v) is 2.57. The molecule has 1 fully saturated rings. The second kappa shape index (κ2) is 5.19. The number of hydrogen-bond donors (Lipinski definition) is 1. The zero-order chi connectivity index (χ0) is 12.3. The molecule has 16 heavy (non-hydrogen) atoms. The van der Waals surface area contributed by atoms with Crippen LogP contribution < -0.4 is 5.32 Å². The van der Waals surface area contributed by atoms with Crippen molar-refractivity contribution in [3.63, 3.8) is 0 Å². The lowest BCUT2D eigenvalue weighted by Crippen LogP contribution is -2.56. The summed E-state index contributed by atoms with van der Waals surface area (Å²) >= 11 is 3.21. The van der Waals surface area contributed by atoms with Crippen molar-refractivity contribution in [3.05, 3.63) is 11.1 Å². The lowest BCUT2D eigenvalue weighted by Gasteiger charge is -2.41. The van der Waals surface area contributed by atoms with E-state index in [0.717, 1.165) is 4.48 Å². The molecule has 92 valence electrons. The molecule has 0 radical (unpaired) electrons. The predicted octanol–water partition coefficient (Wildman–Crippen LogP) is 2.10. The Morgan fingerprint density at radius 3 is 2.81 bits per heavy atom. The number of carbonyl (C=O) groups is 1. The number of morpholine rings is 1. The molecule has 1 rings (SSSR count). The Morgan fingerprint density at radius 2 is 2.31 bits per heavy atom. The van der Waals surface area contributed by atoms with Gasteiger partial charge in [-0.15, -0.1) is 0 Å². The molecule has 1 N–H and O–H groups in total. The summed E-state index contributed by atoms with van der Waals surface area (Å²) in [5, 5.41) is 2.80. The van der Waals surface area contributed by atoms with Gasteiger partial charge >= 0.3 is 6.03 Å². The quantitative estimate of drug-likeness (QED) is 0.846. The molecule has 1 aliphatic rings. The minimum absolute atomic E-state index is 0.0659. The van der Waals surface area contributed by atoms with Gasteiger partial charge in [-0.05, 0) is 20.8 Å². The summed E-state index contributed by atoms with van der Waals surface area (Å²) in [7, 11) is 0. The second-order valence-corrected chi connectivity index (χ2v) is 5.87. The zero-order valence-electron chi connectivity index (χ0n) is 10.0. The van der Waals surface area contributed by atoms with Crippen LogP contribution in [-0.4, -0.2) is 42.3 Å². The summed E-state index contributed by atoms with van der Waals surface area (Å²) in [6, 6.07) is -0.0659. The molecule has 0 aromatic heterocycles. The van der Waals surface area contributed by atoms with Gasteiger partial charge in [0.1, 0.15) is 0 Å². The van der Waals surface area contributed by atoms with E-state index in [4.69, 9.17) is 4.74 Å². The lowest BCUT2D eigenvalue weighted by molar-refractivity contribution is -0.117. The molecule has 1 unspecified atom stereocenters. The van der Waals surface area contributed by atoms with E-state index < -0.39 is 0 Å². The monoisotopic (exact) mass is 290 g/mol. The summed E-state index contributed by atoms with van der Waals surface area (Å²) in [6.07, 6.45) is 0.0710. The maximum absolute atomic E-state index is 11.8. The van der Waals surface area contributed by atoms with Crippen molar-refractivity contribution in [1.82, 2.24) is 10.2 Å². The van der Waals surface area contributed by atoms with Crippen molar-refractivity contribution in [2.75, 3.05) is 19.6 Å². The highest BCUT2D eigenvalue weighted by molar-refractivity contribution is 9.11. The van der Waals surface area contributed by atoms with Gasteiger partial charge in [0.05, 0.1) is 24.8 Å². The van der Waals surface area contributed by atoms with Gasteiger partial charge in [0.25, 0.3) is 0 Å². The fourth-order valence-electron chi connectivity index (χ4n) is 1.89. The Labute approximate surface area is 105 Å². The molecular weight excluding hydrogens is 272 g/mol. The van der Waals surface area contributed by atoms with Gasteiger partial charge in [-0.2, -0.15) is 0 Å². The number of nitrogens with zero attached hydrogens (tertiary/aromatic N) is 1. The summed E-state index contributed by atoms with van der Waals surface area (Å²) in [5.74, 6) is 0. The number of nitrogens with one attached hydrogen (secondary N) is 1. The number of ether oxygens (including phenoxy) is 1. The van der Waals surface area contributed by atoms with Crippen molar-refractivity contribution < 1.29 is 9.53 Å². The molecule has 1 aliphatic heterocycles. The van der Waals surface area contributed by atoms with Gasteiger partial charge < -0.3 is 15.0 Å². The van der Waals surface area contributed by atoms with Gasteiger partial charge in [0, 0.05) is 11.0 Å². The number of rotatable bonds is 2. The number of halogens is 1. The molecule has 1 heterocycles. The van der Waals surface area contributed by atoms with Crippen molar-refractivity contribution in [3.8, 4) is 0 Å². The Balaban J connectivity index is 2.52. The Kier molecular flexibility index (Phi) is 4.38. The summed E-state index contributed by atoms with van der Waals surface area (Å²) in [6.45, 7) is 11.3. The first-order valence-electron chi connectivity index (χ1n) is 5.34. The molecule has 0 aromatic rings. The van der Waals surface area contributed by atoms with Gasteiger partial charge in [-0.25, -0.2) is 4.79 Å². The van der Waals surface area contributed by atoms with Crippen molar-refractivity contribution in [2.45, 2.75) is 32.5 Å². The summed E-state index contributed by atoms with van der Waals surface area (Å²) < 4.78 is 6.50. The standard InChI is InChI=1S/C11H19BrN2O2/c1-8(12)5-13-10(15)14-6-9(2)16-11(3,4)7-14/h9H,1,5-7H2,2-4H3,(H,13,15). The van der Waals surface area contributed by atoms with E-state index in [9.17, 15) is 4.79 Å². The minimum atomic E-state index is -0.277. The van der Waals surface area contributed by atoms with Crippen molar-refractivity contribution in [2.24, 2.45) is 0 Å². The SMILES string of the molecule is C=C(Br)CNC(=O)N1CC(C)OC(C)(C)C1. The molecule has 1 saturated heterocycles. The molecule has 4 nitrogen and oxygen atoms in total. The number of urea groups is 1. The zero-order valence-corrected chi connectivity index (χ0v) is 11.6. The molecule has 5 heteroatoms. The van der Waals surface area contributed by atoms with E-state index in [1.807, 2.05) is 20.8 Å². The van der Waals surface area contributed by atoms with E-state index in [-0.39, 0.29) is 17.7 Å². The average molecular weight is 291 g/mol. The van der Waals surface area contributed by atoms with Crippen molar-refractivity contribution >= 4 is 22.0 Å². The summed E-state index contributed by atoms with van der Waals surface area (Å²) in [5.41, 5.74) is -0.277. The first-order chi connectivity index (χ1) is 7.30. The molecule has 1 atom stereocenters. The van der Waals surface area contributed by atoms with E-state index in [1.54, 1.807) is 4.90 Å². The largest absolute Gasteiger partial charge is 0.369 e. The third kappa shape index (κ3) is 4.14. The van der Waals surface area contributed by atoms with Crippen LogP contribution in [0.15, 0.2) is 11.1 Å².